The lowest BCUT2D eigenvalue weighted by Crippen LogP contribution is -2.31. The van der Waals surface area contributed by atoms with Crippen molar-refractivity contribution in [2.45, 2.75) is 13.3 Å². The maximum absolute atomic E-state index is 12.5. The largest absolute Gasteiger partial charge is 0.452 e. The Morgan fingerprint density at radius 2 is 1.73 bits per heavy atom. The first-order valence-electron chi connectivity index (χ1n) is 9.78. The number of benzene rings is 2. The van der Waals surface area contributed by atoms with Crippen molar-refractivity contribution >= 4 is 17.6 Å². The van der Waals surface area contributed by atoms with Crippen LogP contribution in [0.25, 0.3) is 11.3 Å². The summed E-state index contributed by atoms with van der Waals surface area (Å²) in [5.41, 5.74) is 2.50. The Bertz CT molecular complexity index is 971. The molecule has 0 aliphatic heterocycles. The Balaban J connectivity index is 1.44. The van der Waals surface area contributed by atoms with Gasteiger partial charge in [-0.2, -0.15) is 0 Å². The molecule has 3 aromatic rings. The molecule has 156 valence electrons. The minimum Gasteiger partial charge on any atom is -0.452 e. The number of carbonyl (C=O) groups is 2. The van der Waals surface area contributed by atoms with Crippen LogP contribution >= 0.6 is 0 Å². The van der Waals surface area contributed by atoms with Gasteiger partial charge in [-0.3, -0.25) is 4.79 Å². The number of amides is 1. The quantitative estimate of drug-likeness (QED) is 0.432. The van der Waals surface area contributed by atoms with Gasteiger partial charge in [-0.25, -0.2) is 4.79 Å². The third-order valence-electron chi connectivity index (χ3n) is 4.64. The van der Waals surface area contributed by atoms with E-state index in [-0.39, 0.29) is 18.1 Å². The lowest BCUT2D eigenvalue weighted by molar-refractivity contribution is -0.124. The molecule has 7 heteroatoms. The number of nitrogens with one attached hydrogen (secondary N) is 1. The SMILES string of the molecule is Cc1onc(-c2ccccc2)c1C(=O)OCC(=O)NCCCN(C)c1ccccc1. The van der Waals surface area contributed by atoms with Gasteiger partial charge in [-0.1, -0.05) is 53.7 Å². The van der Waals surface area contributed by atoms with Crippen LogP contribution in [-0.4, -0.2) is 43.8 Å². The molecule has 0 bridgehead atoms. The average molecular weight is 407 g/mol. The summed E-state index contributed by atoms with van der Waals surface area (Å²) in [6.45, 7) is 2.57. The molecule has 30 heavy (non-hydrogen) atoms. The van der Waals surface area contributed by atoms with Crippen LogP contribution in [0.4, 0.5) is 5.69 Å². The molecule has 0 radical (unpaired) electrons. The second-order valence-corrected chi connectivity index (χ2v) is 6.87. The van der Waals surface area contributed by atoms with Gasteiger partial charge in [0.25, 0.3) is 5.91 Å². The molecule has 1 aromatic heterocycles. The second kappa shape index (κ2) is 10.2. The number of ether oxygens (including phenoxy) is 1. The topological polar surface area (TPSA) is 84.7 Å². The van der Waals surface area contributed by atoms with E-state index in [2.05, 4.69) is 15.4 Å². The summed E-state index contributed by atoms with van der Waals surface area (Å²) in [4.78, 5) is 26.6. The number of hydrogen-bond acceptors (Lipinski definition) is 6. The van der Waals surface area contributed by atoms with Crippen LogP contribution in [0.15, 0.2) is 65.2 Å². The van der Waals surface area contributed by atoms with Crippen molar-refractivity contribution in [1.82, 2.24) is 10.5 Å². The monoisotopic (exact) mass is 407 g/mol. The van der Waals surface area contributed by atoms with Crippen LogP contribution in [0.2, 0.25) is 0 Å². The van der Waals surface area contributed by atoms with Gasteiger partial charge in [0.15, 0.2) is 6.61 Å². The summed E-state index contributed by atoms with van der Waals surface area (Å²) in [5.74, 6) is -0.629. The molecule has 0 unspecified atom stereocenters. The fraction of sp³-hybridized carbons (Fsp3) is 0.261. The number of rotatable bonds is 9. The van der Waals surface area contributed by atoms with Gasteiger partial charge in [-0.05, 0) is 25.5 Å². The first-order valence-corrected chi connectivity index (χ1v) is 9.78. The van der Waals surface area contributed by atoms with Gasteiger partial charge < -0.3 is 19.5 Å². The predicted molar refractivity (Wildman–Crippen MR) is 114 cm³/mol. The summed E-state index contributed by atoms with van der Waals surface area (Å²) in [6.07, 6.45) is 0.772. The maximum Gasteiger partial charge on any atom is 0.344 e. The molecule has 1 heterocycles. The van der Waals surface area contributed by atoms with Gasteiger partial charge >= 0.3 is 5.97 Å². The van der Waals surface area contributed by atoms with Crippen LogP contribution in [-0.2, 0) is 9.53 Å². The van der Waals surface area contributed by atoms with Crippen LogP contribution in [0.1, 0.15) is 22.5 Å². The molecule has 1 amide bonds. The van der Waals surface area contributed by atoms with Crippen molar-refractivity contribution in [2.75, 3.05) is 31.6 Å². The van der Waals surface area contributed by atoms with Crippen molar-refractivity contribution in [1.29, 1.82) is 0 Å². The number of aryl methyl sites for hydroxylation is 1. The van der Waals surface area contributed by atoms with Crippen LogP contribution in [0.3, 0.4) is 0 Å². The van der Waals surface area contributed by atoms with E-state index in [1.54, 1.807) is 6.92 Å². The molecule has 0 saturated carbocycles. The standard InChI is InChI=1S/C23H25N3O4/c1-17-21(22(25-30-17)18-10-5-3-6-11-18)23(28)29-16-20(27)24-14-9-15-26(2)19-12-7-4-8-13-19/h3-8,10-13H,9,14-16H2,1-2H3,(H,24,27). The van der Waals surface area contributed by atoms with Crippen molar-refractivity contribution in [3.8, 4) is 11.3 Å². The highest BCUT2D eigenvalue weighted by molar-refractivity contribution is 5.98. The minimum atomic E-state index is -0.633. The summed E-state index contributed by atoms with van der Waals surface area (Å²) < 4.78 is 10.3. The normalized spacial score (nSPS) is 10.5. The average Bonchev–Trinajstić information content (AvgIpc) is 3.17. The Kier molecular flexibility index (Phi) is 7.21. The Hall–Kier alpha value is -3.61. The van der Waals surface area contributed by atoms with E-state index in [9.17, 15) is 9.59 Å². The summed E-state index contributed by atoms with van der Waals surface area (Å²) >= 11 is 0. The molecular formula is C23H25N3O4. The number of nitrogens with zero attached hydrogens (tertiary/aromatic N) is 2. The number of hydrogen-bond donors (Lipinski definition) is 1. The summed E-state index contributed by atoms with van der Waals surface area (Å²) in [6, 6.07) is 19.2. The summed E-state index contributed by atoms with van der Waals surface area (Å²) in [5, 5.41) is 6.72. The van der Waals surface area contributed by atoms with E-state index in [0.29, 0.717) is 18.0 Å². The third-order valence-corrected chi connectivity index (χ3v) is 4.64. The molecule has 0 aliphatic rings. The first kappa shape index (κ1) is 21.1. The van der Waals surface area contributed by atoms with E-state index in [4.69, 9.17) is 9.26 Å². The Morgan fingerprint density at radius 3 is 2.43 bits per heavy atom. The molecule has 1 N–H and O–H groups in total. The lowest BCUT2D eigenvalue weighted by Gasteiger charge is -2.19. The lowest BCUT2D eigenvalue weighted by atomic mass is 10.1. The van der Waals surface area contributed by atoms with Gasteiger partial charge in [0.05, 0.1) is 0 Å². The fourth-order valence-corrected chi connectivity index (χ4v) is 3.02. The zero-order chi connectivity index (χ0) is 21.3. The van der Waals surface area contributed by atoms with E-state index in [1.165, 1.54) is 0 Å². The van der Waals surface area contributed by atoms with Crippen molar-refractivity contribution < 1.29 is 18.8 Å². The third kappa shape index (κ3) is 5.47. The number of aromatic nitrogens is 1. The molecule has 0 saturated heterocycles. The number of esters is 1. The Morgan fingerprint density at radius 1 is 1.07 bits per heavy atom. The zero-order valence-corrected chi connectivity index (χ0v) is 17.1. The smallest absolute Gasteiger partial charge is 0.344 e. The Labute approximate surface area is 175 Å². The molecule has 0 spiro atoms. The van der Waals surface area contributed by atoms with E-state index >= 15 is 0 Å². The molecule has 3 rings (SSSR count). The van der Waals surface area contributed by atoms with Gasteiger partial charge in [0, 0.05) is 31.4 Å². The highest BCUT2D eigenvalue weighted by atomic mass is 16.5. The van der Waals surface area contributed by atoms with E-state index in [1.807, 2.05) is 67.7 Å². The number of para-hydroxylation sites is 1. The van der Waals surface area contributed by atoms with Gasteiger partial charge in [-0.15, -0.1) is 0 Å². The highest BCUT2D eigenvalue weighted by Crippen LogP contribution is 2.25. The van der Waals surface area contributed by atoms with Gasteiger partial charge in [0.1, 0.15) is 17.0 Å². The molecular weight excluding hydrogens is 382 g/mol. The van der Waals surface area contributed by atoms with Crippen molar-refractivity contribution in [3.63, 3.8) is 0 Å². The second-order valence-electron chi connectivity index (χ2n) is 6.87. The molecule has 0 atom stereocenters. The maximum atomic E-state index is 12.5. The fourth-order valence-electron chi connectivity index (χ4n) is 3.02. The number of anilines is 1. The highest BCUT2D eigenvalue weighted by Gasteiger charge is 2.23. The van der Waals surface area contributed by atoms with E-state index in [0.717, 1.165) is 24.2 Å². The molecule has 0 fully saturated rings. The molecule has 2 aromatic carbocycles. The van der Waals surface area contributed by atoms with Crippen LogP contribution < -0.4 is 10.2 Å². The van der Waals surface area contributed by atoms with Gasteiger partial charge in [0.2, 0.25) is 0 Å². The van der Waals surface area contributed by atoms with Crippen molar-refractivity contribution in [3.05, 3.63) is 72.0 Å². The number of carbonyl (C=O) groups excluding carboxylic acids is 2. The molecule has 0 aliphatic carbocycles. The van der Waals surface area contributed by atoms with E-state index < -0.39 is 5.97 Å². The predicted octanol–water partition coefficient (Wildman–Crippen LogP) is 3.45. The zero-order valence-electron chi connectivity index (χ0n) is 17.1. The molecule has 7 nitrogen and oxygen atoms in total. The van der Waals surface area contributed by atoms with Crippen LogP contribution in [0.5, 0.6) is 0 Å². The minimum absolute atomic E-state index is 0.235. The first-order chi connectivity index (χ1) is 14.6. The summed E-state index contributed by atoms with van der Waals surface area (Å²) in [7, 11) is 2.00. The van der Waals surface area contributed by atoms with Crippen molar-refractivity contribution in [2.24, 2.45) is 0 Å². The van der Waals surface area contributed by atoms with Crippen LogP contribution in [0, 0.1) is 6.92 Å².